The van der Waals surface area contributed by atoms with Crippen molar-refractivity contribution in [3.63, 3.8) is 0 Å². The number of ketones is 1. The quantitative estimate of drug-likeness (QED) is 0.802. The number of hydrogen-bond donors (Lipinski definition) is 1. The van der Waals surface area contributed by atoms with Crippen LogP contribution in [0.25, 0.3) is 0 Å². The summed E-state index contributed by atoms with van der Waals surface area (Å²) in [5.74, 6) is -0.218. The van der Waals surface area contributed by atoms with E-state index in [1.165, 1.54) is 0 Å². The molecule has 3 aliphatic heterocycles. The molecule has 0 aliphatic carbocycles. The van der Waals surface area contributed by atoms with Gasteiger partial charge in [-0.05, 0) is 24.6 Å². The second kappa shape index (κ2) is 5.42. The first-order valence-electron chi connectivity index (χ1n) is 8.91. The molecule has 5 nitrogen and oxygen atoms in total. The molecule has 0 unspecified atom stereocenters. The van der Waals surface area contributed by atoms with E-state index in [0.717, 1.165) is 11.1 Å². The standard InChI is InChI=1S/C21H19NO4/c1-12-5-4-6-13(11-12)17-16-18(23)14-7-2-3-8-15(14)26-19(16)21(22-17)9-10-25-20(21)24/h2-8,11,16-17,19,22H,9-10H2,1H3/t16-,17+,19+,21+/m1/s1. The van der Waals surface area contributed by atoms with E-state index < -0.39 is 17.6 Å². The average molecular weight is 349 g/mol. The van der Waals surface area contributed by atoms with Crippen LogP contribution in [-0.2, 0) is 9.53 Å². The van der Waals surface area contributed by atoms with Crippen LogP contribution in [0.15, 0.2) is 48.5 Å². The molecule has 0 saturated carbocycles. The smallest absolute Gasteiger partial charge is 0.330 e. The summed E-state index contributed by atoms with van der Waals surface area (Å²) in [5, 5.41) is 3.45. The molecule has 5 heteroatoms. The number of hydrogen-bond acceptors (Lipinski definition) is 5. The molecule has 2 saturated heterocycles. The highest BCUT2D eigenvalue weighted by Crippen LogP contribution is 2.49. The van der Waals surface area contributed by atoms with E-state index in [1.807, 2.05) is 37.3 Å². The molecular formula is C21H19NO4. The molecule has 5 rings (SSSR count). The van der Waals surface area contributed by atoms with E-state index in [1.54, 1.807) is 12.1 Å². The fourth-order valence-electron chi connectivity index (χ4n) is 4.56. The predicted octanol–water partition coefficient (Wildman–Crippen LogP) is 2.59. The Kier molecular flexibility index (Phi) is 3.25. The van der Waals surface area contributed by atoms with Crippen molar-refractivity contribution in [2.24, 2.45) is 5.92 Å². The predicted molar refractivity (Wildman–Crippen MR) is 94.0 cm³/mol. The lowest BCUT2D eigenvalue weighted by molar-refractivity contribution is -0.145. The third-order valence-corrected chi connectivity index (χ3v) is 5.79. The Labute approximate surface area is 151 Å². The van der Waals surface area contributed by atoms with Gasteiger partial charge in [-0.25, -0.2) is 4.79 Å². The number of fused-ring (bicyclic) bond motifs is 3. The first-order chi connectivity index (χ1) is 12.6. The first kappa shape index (κ1) is 15.6. The summed E-state index contributed by atoms with van der Waals surface area (Å²) >= 11 is 0. The second-order valence-electron chi connectivity index (χ2n) is 7.32. The molecule has 132 valence electrons. The zero-order valence-electron chi connectivity index (χ0n) is 14.4. The minimum Gasteiger partial charge on any atom is -0.486 e. The Hall–Kier alpha value is -2.66. The van der Waals surface area contributed by atoms with Crippen LogP contribution in [-0.4, -0.2) is 30.0 Å². The van der Waals surface area contributed by atoms with Crippen molar-refractivity contribution in [1.29, 1.82) is 0 Å². The number of benzene rings is 2. The van der Waals surface area contributed by atoms with Gasteiger partial charge in [0.1, 0.15) is 11.9 Å². The number of Topliss-reactive ketones (excluding diaryl/α,β-unsaturated/α-hetero) is 1. The zero-order chi connectivity index (χ0) is 17.9. The molecule has 3 aliphatic rings. The first-order valence-corrected chi connectivity index (χ1v) is 8.91. The molecule has 26 heavy (non-hydrogen) atoms. The molecular weight excluding hydrogens is 330 g/mol. The van der Waals surface area contributed by atoms with E-state index in [2.05, 4.69) is 11.4 Å². The van der Waals surface area contributed by atoms with Gasteiger partial charge in [-0.15, -0.1) is 0 Å². The maximum Gasteiger partial charge on any atom is 0.330 e. The molecule has 1 N–H and O–H groups in total. The van der Waals surface area contributed by atoms with Crippen molar-refractivity contribution in [3.8, 4) is 5.75 Å². The summed E-state index contributed by atoms with van der Waals surface area (Å²) in [6, 6.07) is 15.0. The van der Waals surface area contributed by atoms with Crippen LogP contribution in [0.3, 0.4) is 0 Å². The summed E-state index contributed by atoms with van der Waals surface area (Å²) in [6.07, 6.45) is -0.0597. The number of nitrogens with one attached hydrogen (secondary N) is 1. The molecule has 2 aromatic carbocycles. The molecule has 4 atom stereocenters. The van der Waals surface area contributed by atoms with Gasteiger partial charge in [0.25, 0.3) is 0 Å². The topological polar surface area (TPSA) is 64.6 Å². The van der Waals surface area contributed by atoms with Crippen LogP contribution < -0.4 is 10.1 Å². The summed E-state index contributed by atoms with van der Waals surface area (Å²) < 4.78 is 11.5. The lowest BCUT2D eigenvalue weighted by Crippen LogP contribution is -2.56. The fraction of sp³-hybridized carbons (Fsp3) is 0.333. The molecule has 0 amide bonds. The number of aryl methyl sites for hydroxylation is 1. The maximum atomic E-state index is 13.3. The number of ether oxygens (including phenoxy) is 2. The van der Waals surface area contributed by atoms with Gasteiger partial charge in [-0.2, -0.15) is 0 Å². The largest absolute Gasteiger partial charge is 0.486 e. The van der Waals surface area contributed by atoms with Crippen molar-refractivity contribution < 1.29 is 19.1 Å². The molecule has 3 heterocycles. The van der Waals surface area contributed by atoms with Crippen molar-refractivity contribution in [3.05, 3.63) is 65.2 Å². The summed E-state index contributed by atoms with van der Waals surface area (Å²) in [7, 11) is 0. The zero-order valence-corrected chi connectivity index (χ0v) is 14.4. The summed E-state index contributed by atoms with van der Waals surface area (Å²) in [4.78, 5) is 26.0. The third kappa shape index (κ3) is 2.01. The van der Waals surface area contributed by atoms with Crippen LogP contribution in [0.5, 0.6) is 5.75 Å². The van der Waals surface area contributed by atoms with Crippen molar-refractivity contribution in [1.82, 2.24) is 5.32 Å². The molecule has 1 spiro atoms. The van der Waals surface area contributed by atoms with E-state index in [0.29, 0.717) is 24.3 Å². The Morgan fingerprint density at radius 1 is 1.12 bits per heavy atom. The van der Waals surface area contributed by atoms with E-state index in [4.69, 9.17) is 9.47 Å². The van der Waals surface area contributed by atoms with Crippen LogP contribution in [0.1, 0.15) is 33.9 Å². The van der Waals surface area contributed by atoms with E-state index in [-0.39, 0.29) is 17.8 Å². The SMILES string of the molecule is Cc1cccc([C@@H]2N[C@@]3(CCOC3=O)[C@H]3Oc4ccccc4C(=O)[C@@H]23)c1. The minimum absolute atomic E-state index is 0.0208. The second-order valence-corrected chi connectivity index (χ2v) is 7.32. The highest BCUT2D eigenvalue weighted by Gasteiger charge is 2.65. The van der Waals surface area contributed by atoms with Crippen LogP contribution in [0, 0.1) is 12.8 Å². The van der Waals surface area contributed by atoms with Crippen LogP contribution in [0.4, 0.5) is 0 Å². The normalized spacial score (nSPS) is 32.1. The van der Waals surface area contributed by atoms with Gasteiger partial charge < -0.3 is 9.47 Å². The number of carbonyl (C=O) groups excluding carboxylic acids is 2. The van der Waals surface area contributed by atoms with Crippen molar-refractivity contribution in [2.75, 3.05) is 6.61 Å². The number of rotatable bonds is 1. The van der Waals surface area contributed by atoms with Gasteiger partial charge >= 0.3 is 5.97 Å². The summed E-state index contributed by atoms with van der Waals surface area (Å²) in [5.41, 5.74) is 1.72. The monoisotopic (exact) mass is 349 g/mol. The van der Waals surface area contributed by atoms with Gasteiger partial charge in [-0.1, -0.05) is 42.0 Å². The maximum absolute atomic E-state index is 13.3. The molecule has 2 fully saturated rings. The highest BCUT2D eigenvalue weighted by molar-refractivity contribution is 6.04. The molecule has 0 radical (unpaired) electrons. The van der Waals surface area contributed by atoms with Gasteiger partial charge in [0.15, 0.2) is 11.3 Å². The summed E-state index contributed by atoms with van der Waals surface area (Å²) in [6.45, 7) is 2.36. The van der Waals surface area contributed by atoms with E-state index in [9.17, 15) is 9.59 Å². The van der Waals surface area contributed by atoms with Crippen molar-refractivity contribution >= 4 is 11.8 Å². The van der Waals surface area contributed by atoms with Gasteiger partial charge in [0, 0.05) is 12.5 Å². The van der Waals surface area contributed by atoms with Gasteiger partial charge in [0.2, 0.25) is 0 Å². The fourth-order valence-corrected chi connectivity index (χ4v) is 4.56. The Morgan fingerprint density at radius 3 is 2.73 bits per heavy atom. The molecule has 0 aromatic heterocycles. The van der Waals surface area contributed by atoms with Gasteiger partial charge in [-0.3, -0.25) is 10.1 Å². The van der Waals surface area contributed by atoms with Crippen molar-refractivity contribution in [2.45, 2.75) is 31.0 Å². The number of esters is 1. The highest BCUT2D eigenvalue weighted by atomic mass is 16.6. The molecule has 0 bridgehead atoms. The van der Waals surface area contributed by atoms with Gasteiger partial charge in [0.05, 0.1) is 18.1 Å². The minimum atomic E-state index is -0.970. The Morgan fingerprint density at radius 2 is 1.96 bits per heavy atom. The lowest BCUT2D eigenvalue weighted by atomic mass is 9.79. The number of para-hydroxylation sites is 1. The Bertz CT molecular complexity index is 924. The van der Waals surface area contributed by atoms with Crippen LogP contribution >= 0.6 is 0 Å². The molecule has 2 aromatic rings. The number of cyclic esters (lactones) is 1. The average Bonchev–Trinajstić information content (AvgIpc) is 3.17. The number of carbonyl (C=O) groups is 2. The van der Waals surface area contributed by atoms with E-state index >= 15 is 0 Å². The Balaban J connectivity index is 1.67. The van der Waals surface area contributed by atoms with Crippen LogP contribution in [0.2, 0.25) is 0 Å². The lowest BCUT2D eigenvalue weighted by Gasteiger charge is -2.34. The third-order valence-electron chi connectivity index (χ3n) is 5.79.